The SMILES string of the molecule is COc1cc(C)c(CNC(=O)C#N)cc1OC. The van der Waals surface area contributed by atoms with E-state index in [2.05, 4.69) is 5.32 Å². The molecule has 5 nitrogen and oxygen atoms in total. The van der Waals surface area contributed by atoms with Gasteiger partial charge < -0.3 is 14.8 Å². The molecule has 0 fully saturated rings. The van der Waals surface area contributed by atoms with Crippen LogP contribution in [0.15, 0.2) is 12.1 Å². The lowest BCUT2D eigenvalue weighted by atomic mass is 10.1. The van der Waals surface area contributed by atoms with Gasteiger partial charge in [0.2, 0.25) is 0 Å². The molecule has 1 aromatic rings. The standard InChI is InChI=1S/C12H14N2O3/c1-8-4-10(16-2)11(17-3)5-9(8)7-14-12(15)6-13/h4-5H,7H2,1-3H3,(H,14,15). The van der Waals surface area contributed by atoms with Crippen molar-refractivity contribution in [2.75, 3.05) is 14.2 Å². The van der Waals surface area contributed by atoms with E-state index in [1.807, 2.05) is 13.0 Å². The quantitative estimate of drug-likeness (QED) is 0.793. The normalized spacial score (nSPS) is 9.29. The van der Waals surface area contributed by atoms with Crippen molar-refractivity contribution in [3.63, 3.8) is 0 Å². The highest BCUT2D eigenvalue weighted by molar-refractivity contribution is 5.91. The Labute approximate surface area is 100.0 Å². The highest BCUT2D eigenvalue weighted by atomic mass is 16.5. The van der Waals surface area contributed by atoms with E-state index >= 15 is 0 Å². The Balaban J connectivity index is 2.93. The lowest BCUT2D eigenvalue weighted by Gasteiger charge is -2.12. The Morgan fingerprint density at radius 2 is 1.94 bits per heavy atom. The first-order chi connectivity index (χ1) is 8.12. The Hall–Kier alpha value is -2.22. The van der Waals surface area contributed by atoms with Crippen LogP contribution in [-0.2, 0) is 11.3 Å². The maximum absolute atomic E-state index is 10.8. The first-order valence-corrected chi connectivity index (χ1v) is 5.01. The minimum atomic E-state index is -0.654. The molecule has 1 aromatic carbocycles. The highest BCUT2D eigenvalue weighted by Crippen LogP contribution is 2.30. The molecule has 0 saturated heterocycles. The summed E-state index contributed by atoms with van der Waals surface area (Å²) < 4.78 is 10.3. The third-order valence-corrected chi connectivity index (χ3v) is 2.38. The first kappa shape index (κ1) is 12.8. The van der Waals surface area contributed by atoms with Crippen LogP contribution >= 0.6 is 0 Å². The van der Waals surface area contributed by atoms with E-state index in [9.17, 15) is 4.79 Å². The van der Waals surface area contributed by atoms with Gasteiger partial charge in [0.15, 0.2) is 17.6 Å². The monoisotopic (exact) mass is 234 g/mol. The molecular formula is C12H14N2O3. The number of hydrogen-bond donors (Lipinski definition) is 1. The third-order valence-electron chi connectivity index (χ3n) is 2.38. The van der Waals surface area contributed by atoms with E-state index in [4.69, 9.17) is 14.7 Å². The molecule has 17 heavy (non-hydrogen) atoms. The Morgan fingerprint density at radius 3 is 2.47 bits per heavy atom. The summed E-state index contributed by atoms with van der Waals surface area (Å²) in [5.74, 6) is 0.582. The molecule has 1 rings (SSSR count). The fourth-order valence-corrected chi connectivity index (χ4v) is 1.43. The van der Waals surface area contributed by atoms with E-state index in [1.165, 1.54) is 6.07 Å². The van der Waals surface area contributed by atoms with Crippen LogP contribution in [0.1, 0.15) is 11.1 Å². The minimum absolute atomic E-state index is 0.290. The molecule has 0 heterocycles. The molecule has 0 bridgehead atoms. The van der Waals surface area contributed by atoms with Crippen LogP contribution < -0.4 is 14.8 Å². The summed E-state index contributed by atoms with van der Waals surface area (Å²) in [4.78, 5) is 10.8. The molecule has 90 valence electrons. The number of carbonyl (C=O) groups excluding carboxylic acids is 1. The number of methoxy groups -OCH3 is 2. The molecule has 0 saturated carbocycles. The van der Waals surface area contributed by atoms with Crippen LogP contribution in [-0.4, -0.2) is 20.1 Å². The average Bonchev–Trinajstić information content (AvgIpc) is 2.36. The number of amides is 1. The highest BCUT2D eigenvalue weighted by Gasteiger charge is 2.09. The van der Waals surface area contributed by atoms with Gasteiger partial charge in [0.25, 0.3) is 0 Å². The predicted octanol–water partition coefficient (Wildman–Crippen LogP) is 1.15. The van der Waals surface area contributed by atoms with E-state index in [0.29, 0.717) is 18.0 Å². The summed E-state index contributed by atoms with van der Waals surface area (Å²) >= 11 is 0. The molecule has 5 heteroatoms. The van der Waals surface area contributed by atoms with Gasteiger partial charge in [-0.05, 0) is 30.2 Å². The van der Waals surface area contributed by atoms with Crippen molar-refractivity contribution in [3.05, 3.63) is 23.3 Å². The van der Waals surface area contributed by atoms with E-state index in [1.54, 1.807) is 20.3 Å². The lowest BCUT2D eigenvalue weighted by Crippen LogP contribution is -2.21. The molecule has 0 aliphatic heterocycles. The van der Waals surface area contributed by atoms with E-state index in [-0.39, 0.29) is 0 Å². The number of rotatable bonds is 4. The third kappa shape index (κ3) is 3.11. The van der Waals surface area contributed by atoms with Gasteiger partial charge in [0.05, 0.1) is 14.2 Å². The van der Waals surface area contributed by atoms with Gasteiger partial charge >= 0.3 is 5.91 Å². The number of benzene rings is 1. The summed E-state index contributed by atoms with van der Waals surface area (Å²) in [6.07, 6.45) is 0. The van der Waals surface area contributed by atoms with Gasteiger partial charge in [-0.3, -0.25) is 4.79 Å². The fourth-order valence-electron chi connectivity index (χ4n) is 1.43. The Kier molecular flexibility index (Phi) is 4.35. The lowest BCUT2D eigenvalue weighted by molar-refractivity contribution is -0.116. The van der Waals surface area contributed by atoms with E-state index < -0.39 is 5.91 Å². The second kappa shape index (κ2) is 5.75. The van der Waals surface area contributed by atoms with Crippen molar-refractivity contribution in [1.29, 1.82) is 5.26 Å². The number of ether oxygens (including phenoxy) is 2. The van der Waals surface area contributed by atoms with Gasteiger partial charge in [0, 0.05) is 6.54 Å². The maximum atomic E-state index is 10.8. The molecule has 0 spiro atoms. The van der Waals surface area contributed by atoms with Crippen molar-refractivity contribution < 1.29 is 14.3 Å². The van der Waals surface area contributed by atoms with Crippen LogP contribution in [0.25, 0.3) is 0 Å². The number of nitriles is 1. The molecule has 0 radical (unpaired) electrons. The molecule has 1 amide bonds. The summed E-state index contributed by atoms with van der Waals surface area (Å²) in [5.41, 5.74) is 1.84. The van der Waals surface area contributed by atoms with Crippen molar-refractivity contribution in [2.45, 2.75) is 13.5 Å². The van der Waals surface area contributed by atoms with Crippen LogP contribution in [0.2, 0.25) is 0 Å². The molecular weight excluding hydrogens is 220 g/mol. The smallest absolute Gasteiger partial charge is 0.322 e. The van der Waals surface area contributed by atoms with Crippen LogP contribution in [0.3, 0.4) is 0 Å². The molecule has 0 aromatic heterocycles. The summed E-state index contributed by atoms with van der Waals surface area (Å²) in [6.45, 7) is 2.19. The summed E-state index contributed by atoms with van der Waals surface area (Å²) in [5, 5.41) is 10.8. The molecule has 0 unspecified atom stereocenters. The van der Waals surface area contributed by atoms with Gasteiger partial charge in [-0.1, -0.05) is 0 Å². The zero-order chi connectivity index (χ0) is 12.8. The van der Waals surface area contributed by atoms with Crippen molar-refractivity contribution in [1.82, 2.24) is 5.32 Å². The molecule has 0 atom stereocenters. The number of aryl methyl sites for hydroxylation is 1. The molecule has 0 aliphatic carbocycles. The maximum Gasteiger partial charge on any atom is 0.322 e. The molecule has 0 aliphatic rings. The zero-order valence-electron chi connectivity index (χ0n) is 10.0. The largest absolute Gasteiger partial charge is 0.493 e. The molecule has 1 N–H and O–H groups in total. The average molecular weight is 234 g/mol. The van der Waals surface area contributed by atoms with Gasteiger partial charge in [0.1, 0.15) is 0 Å². The second-order valence-corrected chi connectivity index (χ2v) is 3.43. The summed E-state index contributed by atoms with van der Waals surface area (Å²) in [7, 11) is 3.11. The number of carbonyl (C=O) groups is 1. The predicted molar refractivity (Wildman–Crippen MR) is 61.7 cm³/mol. The Morgan fingerprint density at radius 1 is 1.35 bits per heavy atom. The number of nitrogens with zero attached hydrogens (tertiary/aromatic N) is 1. The van der Waals surface area contributed by atoms with Gasteiger partial charge in [-0.25, -0.2) is 0 Å². The van der Waals surface area contributed by atoms with Gasteiger partial charge in [-0.2, -0.15) is 5.26 Å². The first-order valence-electron chi connectivity index (χ1n) is 5.01. The van der Waals surface area contributed by atoms with E-state index in [0.717, 1.165) is 11.1 Å². The Bertz CT molecular complexity index is 464. The van der Waals surface area contributed by atoms with Crippen LogP contribution in [0.4, 0.5) is 0 Å². The zero-order valence-corrected chi connectivity index (χ0v) is 10.0. The number of hydrogen-bond acceptors (Lipinski definition) is 4. The topological polar surface area (TPSA) is 71.3 Å². The van der Waals surface area contributed by atoms with Gasteiger partial charge in [-0.15, -0.1) is 0 Å². The second-order valence-electron chi connectivity index (χ2n) is 3.43. The van der Waals surface area contributed by atoms with Crippen molar-refractivity contribution in [3.8, 4) is 17.6 Å². The van der Waals surface area contributed by atoms with Crippen LogP contribution in [0.5, 0.6) is 11.5 Å². The van der Waals surface area contributed by atoms with Crippen molar-refractivity contribution in [2.24, 2.45) is 0 Å². The summed E-state index contributed by atoms with van der Waals surface area (Å²) in [6, 6.07) is 5.11. The fraction of sp³-hybridized carbons (Fsp3) is 0.333. The minimum Gasteiger partial charge on any atom is -0.493 e. The van der Waals surface area contributed by atoms with Crippen molar-refractivity contribution >= 4 is 5.91 Å². The number of nitrogens with one attached hydrogen (secondary N) is 1. The van der Waals surface area contributed by atoms with Crippen LogP contribution in [0, 0.1) is 18.3 Å².